The molecule has 1 N–H and O–H groups in total. The molecule has 0 radical (unpaired) electrons. The van der Waals surface area contributed by atoms with Crippen molar-refractivity contribution in [1.82, 2.24) is 15.3 Å². The largest absolute Gasteiger partial charge is 0.319 e. The predicted octanol–water partition coefficient (Wildman–Crippen LogP) is -0.358. The Bertz CT molecular complexity index is 403. The first-order valence-electron chi connectivity index (χ1n) is 4.20. The molecule has 0 spiro atoms. The molecule has 0 aliphatic rings. The van der Waals surface area contributed by atoms with Crippen LogP contribution < -0.4 is 5.32 Å². The quantitative estimate of drug-likeness (QED) is 0.695. The van der Waals surface area contributed by atoms with Gasteiger partial charge in [-0.3, -0.25) is 0 Å². The van der Waals surface area contributed by atoms with Gasteiger partial charge in [-0.15, -0.1) is 0 Å². The van der Waals surface area contributed by atoms with Crippen molar-refractivity contribution in [1.29, 1.82) is 0 Å². The van der Waals surface area contributed by atoms with Crippen LogP contribution >= 0.6 is 0 Å². The predicted molar refractivity (Wildman–Crippen MR) is 52.8 cm³/mol. The van der Waals surface area contributed by atoms with Crippen molar-refractivity contribution < 1.29 is 8.42 Å². The highest BCUT2D eigenvalue weighted by Crippen LogP contribution is 2.02. The number of rotatable bonds is 4. The SMILES string of the molecule is CNCCc1ccnc(S(C)(=O)=O)n1. The second-order valence-corrected chi connectivity index (χ2v) is 4.87. The smallest absolute Gasteiger partial charge is 0.246 e. The van der Waals surface area contributed by atoms with Gasteiger partial charge in [0.2, 0.25) is 15.0 Å². The molecule has 1 aromatic heterocycles. The molecule has 0 saturated carbocycles. The molecular weight excluding hydrogens is 202 g/mol. The highest BCUT2D eigenvalue weighted by molar-refractivity contribution is 7.90. The third-order valence-electron chi connectivity index (χ3n) is 1.65. The van der Waals surface area contributed by atoms with Crippen molar-refractivity contribution in [3.05, 3.63) is 18.0 Å². The molecule has 1 rings (SSSR count). The molecule has 5 nitrogen and oxygen atoms in total. The number of hydrogen-bond acceptors (Lipinski definition) is 5. The summed E-state index contributed by atoms with van der Waals surface area (Å²) in [6.07, 6.45) is 3.26. The van der Waals surface area contributed by atoms with Crippen molar-refractivity contribution in [2.75, 3.05) is 19.8 Å². The van der Waals surface area contributed by atoms with Crippen molar-refractivity contribution in [3.8, 4) is 0 Å². The lowest BCUT2D eigenvalue weighted by Gasteiger charge is -2.01. The molecule has 0 saturated heterocycles. The summed E-state index contributed by atoms with van der Waals surface area (Å²) in [5.41, 5.74) is 0.731. The molecule has 0 bridgehead atoms. The average molecular weight is 215 g/mol. The van der Waals surface area contributed by atoms with Gasteiger partial charge in [0.05, 0.1) is 0 Å². The Morgan fingerprint density at radius 3 is 2.79 bits per heavy atom. The van der Waals surface area contributed by atoms with E-state index < -0.39 is 9.84 Å². The normalized spacial score (nSPS) is 11.6. The summed E-state index contributed by atoms with van der Waals surface area (Å²) in [6, 6.07) is 1.71. The molecule has 0 unspecified atom stereocenters. The monoisotopic (exact) mass is 215 g/mol. The molecular formula is C8H13N3O2S. The fourth-order valence-corrected chi connectivity index (χ4v) is 1.48. The summed E-state index contributed by atoms with van der Waals surface area (Å²) >= 11 is 0. The molecule has 1 heterocycles. The van der Waals surface area contributed by atoms with Crippen molar-refractivity contribution in [3.63, 3.8) is 0 Å². The van der Waals surface area contributed by atoms with Gasteiger partial charge >= 0.3 is 0 Å². The van der Waals surface area contributed by atoms with Gasteiger partial charge in [0.15, 0.2) is 0 Å². The summed E-state index contributed by atoms with van der Waals surface area (Å²) in [7, 11) is -1.46. The Balaban J connectivity index is 2.90. The Labute approximate surface area is 83.5 Å². The Morgan fingerprint density at radius 1 is 1.50 bits per heavy atom. The summed E-state index contributed by atoms with van der Waals surface area (Å²) < 4.78 is 22.2. The van der Waals surface area contributed by atoms with Gasteiger partial charge in [0.25, 0.3) is 0 Å². The van der Waals surface area contributed by atoms with E-state index in [2.05, 4.69) is 15.3 Å². The van der Waals surface area contributed by atoms with Gasteiger partial charge < -0.3 is 5.32 Å². The molecule has 78 valence electrons. The van der Waals surface area contributed by atoms with Crippen LogP contribution in [0.3, 0.4) is 0 Å². The van der Waals surface area contributed by atoms with Gasteiger partial charge in [-0.2, -0.15) is 0 Å². The zero-order chi connectivity index (χ0) is 10.6. The Kier molecular flexibility index (Phi) is 3.54. The fraction of sp³-hybridized carbons (Fsp3) is 0.500. The van der Waals surface area contributed by atoms with E-state index in [0.29, 0.717) is 6.42 Å². The van der Waals surface area contributed by atoms with Crippen LogP contribution in [0.25, 0.3) is 0 Å². The number of nitrogens with zero attached hydrogens (tertiary/aromatic N) is 2. The van der Waals surface area contributed by atoms with Crippen LogP contribution in [0.2, 0.25) is 0 Å². The maximum absolute atomic E-state index is 11.1. The molecule has 6 heteroatoms. The van der Waals surface area contributed by atoms with Crippen LogP contribution in [0.4, 0.5) is 0 Å². The maximum atomic E-state index is 11.1. The lowest BCUT2D eigenvalue weighted by Crippen LogP contribution is -2.13. The molecule has 0 amide bonds. The summed E-state index contributed by atoms with van der Waals surface area (Å²) in [6.45, 7) is 0.764. The molecule has 0 fully saturated rings. The zero-order valence-corrected chi connectivity index (χ0v) is 9.00. The molecule has 0 atom stereocenters. The minimum absolute atomic E-state index is 0.105. The van der Waals surface area contributed by atoms with Gasteiger partial charge in [0.1, 0.15) is 0 Å². The second-order valence-electron chi connectivity index (χ2n) is 2.96. The van der Waals surface area contributed by atoms with E-state index in [1.807, 2.05) is 7.05 Å². The Hall–Kier alpha value is -1.01. The van der Waals surface area contributed by atoms with E-state index in [0.717, 1.165) is 18.5 Å². The van der Waals surface area contributed by atoms with Gasteiger partial charge in [-0.25, -0.2) is 18.4 Å². The third-order valence-corrected chi connectivity index (χ3v) is 2.51. The number of aromatic nitrogens is 2. The topological polar surface area (TPSA) is 72.0 Å². The first-order valence-corrected chi connectivity index (χ1v) is 6.10. The van der Waals surface area contributed by atoms with E-state index in [1.165, 1.54) is 6.20 Å². The zero-order valence-electron chi connectivity index (χ0n) is 8.19. The van der Waals surface area contributed by atoms with E-state index in [4.69, 9.17) is 0 Å². The van der Waals surface area contributed by atoms with E-state index in [9.17, 15) is 8.42 Å². The number of nitrogens with one attached hydrogen (secondary N) is 1. The lowest BCUT2D eigenvalue weighted by molar-refractivity contribution is 0.591. The molecule has 0 aliphatic heterocycles. The molecule has 0 aliphatic carbocycles. The Morgan fingerprint density at radius 2 is 2.21 bits per heavy atom. The number of hydrogen-bond donors (Lipinski definition) is 1. The highest BCUT2D eigenvalue weighted by Gasteiger charge is 2.10. The molecule has 14 heavy (non-hydrogen) atoms. The van der Waals surface area contributed by atoms with Crippen LogP contribution in [-0.4, -0.2) is 38.2 Å². The van der Waals surface area contributed by atoms with Crippen LogP contribution in [0.1, 0.15) is 5.69 Å². The molecule has 0 aromatic carbocycles. The third kappa shape index (κ3) is 3.04. The molecule has 1 aromatic rings. The minimum atomic E-state index is -3.29. The van der Waals surface area contributed by atoms with Gasteiger partial charge in [-0.05, 0) is 13.1 Å². The van der Waals surface area contributed by atoms with Crippen molar-refractivity contribution >= 4 is 9.84 Å². The van der Waals surface area contributed by atoms with Crippen LogP contribution in [-0.2, 0) is 16.3 Å². The first kappa shape index (κ1) is 11.1. The number of likely N-dealkylation sites (N-methyl/N-ethyl adjacent to an activating group) is 1. The van der Waals surface area contributed by atoms with Gasteiger partial charge in [-0.1, -0.05) is 0 Å². The second kappa shape index (κ2) is 4.47. The van der Waals surface area contributed by atoms with Crippen LogP contribution in [0.5, 0.6) is 0 Å². The fourth-order valence-electron chi connectivity index (χ4n) is 0.947. The summed E-state index contributed by atoms with van der Waals surface area (Å²) in [4.78, 5) is 7.64. The maximum Gasteiger partial charge on any atom is 0.246 e. The van der Waals surface area contributed by atoms with Crippen LogP contribution in [0.15, 0.2) is 17.4 Å². The van der Waals surface area contributed by atoms with Gasteiger partial charge in [0, 0.05) is 31.1 Å². The summed E-state index contributed by atoms with van der Waals surface area (Å²) in [5, 5.41) is 2.86. The first-order chi connectivity index (χ1) is 6.54. The minimum Gasteiger partial charge on any atom is -0.319 e. The van der Waals surface area contributed by atoms with E-state index in [1.54, 1.807) is 6.07 Å². The highest BCUT2D eigenvalue weighted by atomic mass is 32.2. The van der Waals surface area contributed by atoms with Crippen LogP contribution in [0, 0.1) is 0 Å². The van der Waals surface area contributed by atoms with E-state index >= 15 is 0 Å². The lowest BCUT2D eigenvalue weighted by atomic mass is 10.3. The average Bonchev–Trinajstić information content (AvgIpc) is 2.14. The van der Waals surface area contributed by atoms with E-state index in [-0.39, 0.29) is 5.16 Å². The van der Waals surface area contributed by atoms with Crippen molar-refractivity contribution in [2.45, 2.75) is 11.6 Å². The number of sulfone groups is 1. The van der Waals surface area contributed by atoms with Crippen molar-refractivity contribution in [2.24, 2.45) is 0 Å². The summed E-state index contributed by atoms with van der Waals surface area (Å²) in [5.74, 6) is 0. The standard InChI is InChI=1S/C8H13N3O2S/c1-9-5-3-7-4-6-10-8(11-7)14(2,12)13/h4,6,9H,3,5H2,1-2H3.